The van der Waals surface area contributed by atoms with Crippen LogP contribution >= 0.6 is 23.4 Å². The zero-order chi connectivity index (χ0) is 27.8. The lowest BCUT2D eigenvalue weighted by molar-refractivity contribution is -0.140. The van der Waals surface area contributed by atoms with E-state index < -0.39 is 27.4 Å². The first kappa shape index (κ1) is 28.0. The van der Waals surface area contributed by atoms with Crippen molar-refractivity contribution in [3.8, 4) is 0 Å². The van der Waals surface area contributed by atoms with Gasteiger partial charge in [-0.15, -0.1) is 11.8 Å². The Labute approximate surface area is 239 Å². The first-order valence-electron chi connectivity index (χ1n) is 13.7. The largest absolute Gasteiger partial charge is 0.396 e. The average Bonchev–Trinajstić information content (AvgIpc) is 3.48. The molecule has 3 aliphatic rings. The van der Waals surface area contributed by atoms with E-state index in [1.54, 1.807) is 22.7 Å². The molecule has 0 radical (unpaired) electrons. The van der Waals surface area contributed by atoms with Crippen LogP contribution in [-0.4, -0.2) is 56.4 Å². The fourth-order valence-electron chi connectivity index (χ4n) is 6.82. The highest BCUT2D eigenvalue weighted by Crippen LogP contribution is 2.71. The van der Waals surface area contributed by atoms with Gasteiger partial charge in [-0.05, 0) is 63.1 Å². The Morgan fingerprint density at radius 3 is 2.56 bits per heavy atom. The molecule has 7 nitrogen and oxygen atoms in total. The van der Waals surface area contributed by atoms with Gasteiger partial charge in [0.2, 0.25) is 17.7 Å². The Kier molecular flexibility index (Phi) is 8.00. The number of anilines is 1. The molecular formula is C30H36ClN3O4S. The fourth-order valence-corrected chi connectivity index (χ4v) is 9.44. The van der Waals surface area contributed by atoms with Crippen molar-refractivity contribution in [2.75, 3.05) is 18.5 Å². The van der Waals surface area contributed by atoms with E-state index in [1.807, 2.05) is 49.4 Å². The normalized spacial score (nSPS) is 29.0. The number of carbonyl (C=O) groups is 3. The Balaban J connectivity index is 1.45. The number of unbranched alkanes of at least 4 members (excludes halogenated alkanes) is 2. The van der Waals surface area contributed by atoms with Crippen LogP contribution in [0.3, 0.4) is 0 Å². The molecule has 0 aliphatic carbocycles. The average molecular weight is 570 g/mol. The number of rotatable bonds is 10. The van der Waals surface area contributed by atoms with Gasteiger partial charge in [0, 0.05) is 24.4 Å². The molecular weight excluding hydrogens is 534 g/mol. The number of halogens is 1. The van der Waals surface area contributed by atoms with Crippen molar-refractivity contribution in [3.05, 3.63) is 64.7 Å². The minimum Gasteiger partial charge on any atom is -0.396 e. The molecule has 5 atom stereocenters. The van der Waals surface area contributed by atoms with Crippen molar-refractivity contribution in [1.29, 1.82) is 0 Å². The molecule has 9 heteroatoms. The summed E-state index contributed by atoms with van der Waals surface area (Å²) in [7, 11) is 0. The van der Waals surface area contributed by atoms with E-state index in [1.165, 1.54) is 0 Å². The summed E-state index contributed by atoms with van der Waals surface area (Å²) in [5.41, 5.74) is 2.40. The maximum atomic E-state index is 14.1. The molecule has 2 aromatic carbocycles. The molecule has 1 spiro atoms. The Morgan fingerprint density at radius 1 is 1.08 bits per heavy atom. The van der Waals surface area contributed by atoms with Gasteiger partial charge >= 0.3 is 0 Å². The van der Waals surface area contributed by atoms with E-state index in [4.69, 9.17) is 11.6 Å². The number of hydrogen-bond acceptors (Lipinski definition) is 5. The predicted octanol–water partition coefficient (Wildman–Crippen LogP) is 4.55. The third-order valence-electron chi connectivity index (χ3n) is 8.64. The van der Waals surface area contributed by atoms with Gasteiger partial charge in [-0.25, -0.2) is 0 Å². The van der Waals surface area contributed by atoms with Gasteiger partial charge < -0.3 is 20.6 Å². The van der Waals surface area contributed by atoms with Crippen LogP contribution in [0.1, 0.15) is 50.2 Å². The van der Waals surface area contributed by atoms with Gasteiger partial charge in [0.15, 0.2) is 0 Å². The summed E-state index contributed by atoms with van der Waals surface area (Å²) < 4.78 is -1.11. The first-order chi connectivity index (χ1) is 18.7. The van der Waals surface area contributed by atoms with Gasteiger partial charge in [0.25, 0.3) is 0 Å². The number of likely N-dealkylation sites (tertiary alicyclic amines) is 1. The smallest absolute Gasteiger partial charge is 0.248 e. The summed E-state index contributed by atoms with van der Waals surface area (Å²) in [5.74, 6) is -1.60. The van der Waals surface area contributed by atoms with Crippen LogP contribution in [0.4, 0.5) is 5.69 Å². The van der Waals surface area contributed by atoms with Gasteiger partial charge in [-0.3, -0.25) is 14.4 Å². The quantitative estimate of drug-likeness (QED) is 0.365. The van der Waals surface area contributed by atoms with Crippen LogP contribution in [0, 0.1) is 18.8 Å². The molecule has 3 aliphatic heterocycles. The maximum absolute atomic E-state index is 14.1. The van der Waals surface area contributed by atoms with E-state index in [0.29, 0.717) is 43.1 Å². The number of aryl methyl sites for hydroxylation is 1. The summed E-state index contributed by atoms with van der Waals surface area (Å²) in [6.07, 6.45) is 3.53. The number of nitrogens with zero attached hydrogens (tertiary/aromatic N) is 1. The van der Waals surface area contributed by atoms with E-state index in [0.717, 1.165) is 24.0 Å². The topological polar surface area (TPSA) is 98.7 Å². The van der Waals surface area contributed by atoms with Crippen LogP contribution in [-0.2, 0) is 20.9 Å². The SMILES string of the molecule is Cc1cccc(Cl)c1NC(=O)C1N(CCCCCO)C(=O)[C@@H]2[C@H](C(=O)NCc3ccccc3)[C@]3(C)CCC12S3. The molecule has 5 rings (SSSR count). The second-order valence-corrected chi connectivity index (χ2v) is 13.5. The number of amides is 3. The third-order valence-corrected chi connectivity index (χ3v) is 10.9. The number of benzene rings is 2. The number of aliphatic hydroxyl groups excluding tert-OH is 1. The van der Waals surface area contributed by atoms with Crippen molar-refractivity contribution in [1.82, 2.24) is 10.2 Å². The van der Waals surface area contributed by atoms with Crippen molar-refractivity contribution < 1.29 is 19.5 Å². The van der Waals surface area contributed by atoms with Crippen molar-refractivity contribution in [2.45, 2.75) is 68.0 Å². The van der Waals surface area contributed by atoms with Crippen molar-refractivity contribution in [3.63, 3.8) is 0 Å². The lowest BCUT2D eigenvalue weighted by Gasteiger charge is -2.35. The van der Waals surface area contributed by atoms with Crippen LogP contribution in [0.5, 0.6) is 0 Å². The van der Waals surface area contributed by atoms with Gasteiger partial charge in [-0.1, -0.05) is 54.1 Å². The minimum atomic E-state index is -0.710. The molecule has 2 aromatic rings. The molecule has 2 bridgehead atoms. The molecule has 3 N–H and O–H groups in total. The van der Waals surface area contributed by atoms with Crippen LogP contribution in [0.25, 0.3) is 0 Å². The summed E-state index contributed by atoms with van der Waals surface area (Å²) in [5, 5.41) is 15.8. The molecule has 3 fully saturated rings. The van der Waals surface area contributed by atoms with E-state index in [9.17, 15) is 19.5 Å². The molecule has 3 heterocycles. The third kappa shape index (κ3) is 4.96. The number of hydrogen-bond donors (Lipinski definition) is 3. The Hall–Kier alpha value is -2.55. The van der Waals surface area contributed by atoms with Crippen LogP contribution in [0.15, 0.2) is 48.5 Å². The molecule has 0 saturated carbocycles. The summed E-state index contributed by atoms with van der Waals surface area (Å²) >= 11 is 8.11. The van der Waals surface area contributed by atoms with Gasteiger partial charge in [-0.2, -0.15) is 0 Å². The van der Waals surface area contributed by atoms with Crippen molar-refractivity contribution >= 4 is 46.8 Å². The summed E-state index contributed by atoms with van der Waals surface area (Å²) in [6, 6.07) is 14.5. The number of nitrogens with one attached hydrogen (secondary N) is 2. The molecule has 3 saturated heterocycles. The maximum Gasteiger partial charge on any atom is 0.248 e. The molecule has 0 aromatic heterocycles. The molecule has 3 amide bonds. The van der Waals surface area contributed by atoms with E-state index in [2.05, 4.69) is 17.6 Å². The monoisotopic (exact) mass is 569 g/mol. The predicted molar refractivity (Wildman–Crippen MR) is 154 cm³/mol. The highest BCUT2D eigenvalue weighted by molar-refractivity contribution is 8.02. The molecule has 39 heavy (non-hydrogen) atoms. The summed E-state index contributed by atoms with van der Waals surface area (Å²) in [4.78, 5) is 43.6. The standard InChI is InChI=1S/C30H36ClN3O4S/c1-19-10-9-13-21(31)24(19)33-27(37)25-30-15-14-29(2,39-30)22(26(36)32-18-20-11-5-3-6-12-20)23(30)28(38)34(25)16-7-4-8-17-35/h3,5-6,9-13,22-23,25,35H,4,7-8,14-18H2,1-2H3,(H,32,36)(H,33,37)/t22-,23+,25?,29+,30?/m1/s1. The lowest BCUT2D eigenvalue weighted by atomic mass is 9.66. The fraction of sp³-hybridized carbons (Fsp3) is 0.500. The number of carbonyl (C=O) groups excluding carboxylic acids is 3. The zero-order valence-corrected chi connectivity index (χ0v) is 24.0. The second-order valence-electron chi connectivity index (χ2n) is 11.2. The molecule has 208 valence electrons. The lowest BCUT2D eigenvalue weighted by Crippen LogP contribution is -2.52. The number of aliphatic hydroxyl groups is 1. The molecule has 2 unspecified atom stereocenters. The summed E-state index contributed by atoms with van der Waals surface area (Å²) in [6.45, 7) is 4.86. The second kappa shape index (κ2) is 11.1. The first-order valence-corrected chi connectivity index (χ1v) is 14.9. The van der Waals surface area contributed by atoms with Crippen LogP contribution < -0.4 is 10.6 Å². The highest BCUT2D eigenvalue weighted by Gasteiger charge is 2.77. The van der Waals surface area contributed by atoms with E-state index >= 15 is 0 Å². The van der Waals surface area contributed by atoms with Gasteiger partial charge in [0.1, 0.15) is 6.04 Å². The number of para-hydroxylation sites is 1. The van der Waals surface area contributed by atoms with E-state index in [-0.39, 0.29) is 24.3 Å². The number of thioether (sulfide) groups is 1. The van der Waals surface area contributed by atoms with Crippen molar-refractivity contribution in [2.24, 2.45) is 11.8 Å². The Morgan fingerprint density at radius 2 is 1.85 bits per heavy atom. The Bertz CT molecular complexity index is 1240. The van der Waals surface area contributed by atoms with Crippen LogP contribution in [0.2, 0.25) is 5.02 Å². The minimum absolute atomic E-state index is 0.0913. The number of fused-ring (bicyclic) bond motifs is 1. The highest BCUT2D eigenvalue weighted by atomic mass is 35.5. The zero-order valence-electron chi connectivity index (χ0n) is 22.4. The van der Waals surface area contributed by atoms with Gasteiger partial charge in [0.05, 0.1) is 27.3 Å².